The van der Waals surface area contributed by atoms with E-state index in [0.29, 0.717) is 11.7 Å². The van der Waals surface area contributed by atoms with Crippen LogP contribution in [-0.4, -0.2) is 10.1 Å². The molecule has 146 valence electrons. The molecule has 4 rings (SSSR count). The maximum atomic E-state index is 5.44. The summed E-state index contributed by atoms with van der Waals surface area (Å²) in [7, 11) is 0. The standard InChI is InChI=1S/C25H23BrN2O/c1-2-3-4-5-18-6-8-19(9-7-18)20-10-12-21(13-11-20)24-27-25(29-28-24)22-14-16-23(26)17-15-22/h6-17H,2-5H2,1H3. The fourth-order valence-corrected chi connectivity index (χ4v) is 3.57. The van der Waals surface area contributed by atoms with Crippen LogP contribution in [0.5, 0.6) is 0 Å². The number of rotatable bonds is 7. The first-order valence-corrected chi connectivity index (χ1v) is 10.8. The number of hydrogen-bond donors (Lipinski definition) is 0. The molecule has 3 aromatic carbocycles. The van der Waals surface area contributed by atoms with Crippen LogP contribution in [0.1, 0.15) is 31.7 Å². The maximum absolute atomic E-state index is 5.44. The van der Waals surface area contributed by atoms with E-state index in [9.17, 15) is 0 Å². The van der Waals surface area contributed by atoms with Gasteiger partial charge in [-0.15, -0.1) is 0 Å². The summed E-state index contributed by atoms with van der Waals surface area (Å²) in [5.74, 6) is 1.12. The number of benzene rings is 3. The minimum absolute atomic E-state index is 0.523. The molecule has 0 radical (unpaired) electrons. The predicted octanol–water partition coefficient (Wildman–Crippen LogP) is 7.57. The minimum Gasteiger partial charge on any atom is -0.334 e. The van der Waals surface area contributed by atoms with E-state index in [2.05, 4.69) is 69.4 Å². The Hall–Kier alpha value is -2.72. The van der Waals surface area contributed by atoms with Gasteiger partial charge < -0.3 is 4.52 Å². The van der Waals surface area contributed by atoms with Gasteiger partial charge >= 0.3 is 0 Å². The zero-order valence-corrected chi connectivity index (χ0v) is 18.0. The summed E-state index contributed by atoms with van der Waals surface area (Å²) in [5, 5.41) is 4.14. The second-order valence-electron chi connectivity index (χ2n) is 7.16. The number of unbranched alkanes of at least 4 members (excludes halogenated alkanes) is 2. The van der Waals surface area contributed by atoms with Crippen LogP contribution in [0.2, 0.25) is 0 Å². The van der Waals surface area contributed by atoms with Crippen LogP contribution in [0.3, 0.4) is 0 Å². The van der Waals surface area contributed by atoms with Gasteiger partial charge in [0.25, 0.3) is 5.89 Å². The quantitative estimate of drug-likeness (QED) is 0.274. The second-order valence-corrected chi connectivity index (χ2v) is 8.08. The van der Waals surface area contributed by atoms with Crippen molar-refractivity contribution in [2.24, 2.45) is 0 Å². The third kappa shape index (κ3) is 4.83. The molecule has 0 amide bonds. The Bertz CT molecular complexity index is 1050. The largest absolute Gasteiger partial charge is 0.334 e. The van der Waals surface area contributed by atoms with Crippen LogP contribution in [0.25, 0.3) is 34.0 Å². The van der Waals surface area contributed by atoms with Crippen LogP contribution in [0.4, 0.5) is 0 Å². The first-order chi connectivity index (χ1) is 14.2. The summed E-state index contributed by atoms with van der Waals surface area (Å²) in [4.78, 5) is 4.54. The topological polar surface area (TPSA) is 38.9 Å². The predicted molar refractivity (Wildman–Crippen MR) is 122 cm³/mol. The zero-order chi connectivity index (χ0) is 20.1. The van der Waals surface area contributed by atoms with Crippen molar-refractivity contribution in [2.45, 2.75) is 32.6 Å². The van der Waals surface area contributed by atoms with Crippen molar-refractivity contribution < 1.29 is 4.52 Å². The normalized spacial score (nSPS) is 11.0. The van der Waals surface area contributed by atoms with Gasteiger partial charge in [-0.25, -0.2) is 0 Å². The molecule has 0 aliphatic rings. The molecule has 29 heavy (non-hydrogen) atoms. The van der Waals surface area contributed by atoms with E-state index in [0.717, 1.165) is 22.0 Å². The second kappa shape index (κ2) is 9.19. The molecule has 1 aromatic heterocycles. The SMILES string of the molecule is CCCCCc1ccc(-c2ccc(-c3noc(-c4ccc(Br)cc4)n3)cc2)cc1. The minimum atomic E-state index is 0.523. The van der Waals surface area contributed by atoms with Gasteiger partial charge in [-0.3, -0.25) is 0 Å². The molecule has 0 saturated heterocycles. The van der Waals surface area contributed by atoms with E-state index in [4.69, 9.17) is 4.52 Å². The van der Waals surface area contributed by atoms with E-state index in [1.807, 2.05) is 36.4 Å². The molecule has 0 N–H and O–H groups in total. The lowest BCUT2D eigenvalue weighted by atomic mass is 10.0. The van der Waals surface area contributed by atoms with Crippen LogP contribution >= 0.6 is 15.9 Å². The first-order valence-electron chi connectivity index (χ1n) is 10.0. The van der Waals surface area contributed by atoms with Gasteiger partial charge in [-0.2, -0.15) is 4.98 Å². The summed E-state index contributed by atoms with van der Waals surface area (Å²) in [6.07, 6.45) is 4.97. The molecule has 0 unspecified atom stereocenters. The number of aromatic nitrogens is 2. The van der Waals surface area contributed by atoms with Crippen LogP contribution in [0, 0.1) is 0 Å². The highest BCUT2D eigenvalue weighted by molar-refractivity contribution is 9.10. The Balaban J connectivity index is 1.47. The van der Waals surface area contributed by atoms with Gasteiger partial charge in [-0.05, 0) is 53.8 Å². The van der Waals surface area contributed by atoms with Crippen molar-refractivity contribution >= 4 is 15.9 Å². The van der Waals surface area contributed by atoms with Crippen molar-refractivity contribution in [3.8, 4) is 34.0 Å². The van der Waals surface area contributed by atoms with E-state index in [1.54, 1.807) is 0 Å². The maximum Gasteiger partial charge on any atom is 0.258 e. The van der Waals surface area contributed by atoms with E-state index in [-0.39, 0.29) is 0 Å². The molecule has 0 fully saturated rings. The van der Waals surface area contributed by atoms with Crippen LogP contribution in [-0.2, 0) is 6.42 Å². The van der Waals surface area contributed by atoms with Crippen molar-refractivity contribution in [3.63, 3.8) is 0 Å². The molecular weight excluding hydrogens is 424 g/mol. The number of halogens is 1. The fraction of sp³-hybridized carbons (Fsp3) is 0.200. The molecule has 3 nitrogen and oxygen atoms in total. The molecule has 0 spiro atoms. The monoisotopic (exact) mass is 446 g/mol. The number of hydrogen-bond acceptors (Lipinski definition) is 3. The molecule has 4 aromatic rings. The van der Waals surface area contributed by atoms with Crippen LogP contribution in [0.15, 0.2) is 81.8 Å². The first kappa shape index (κ1) is 19.6. The van der Waals surface area contributed by atoms with E-state index >= 15 is 0 Å². The molecule has 0 aliphatic heterocycles. The number of aryl methyl sites for hydroxylation is 1. The third-order valence-corrected chi connectivity index (χ3v) is 5.55. The highest BCUT2D eigenvalue weighted by atomic mass is 79.9. The van der Waals surface area contributed by atoms with Gasteiger partial charge in [0.15, 0.2) is 0 Å². The van der Waals surface area contributed by atoms with Crippen molar-refractivity contribution in [2.75, 3.05) is 0 Å². The average molecular weight is 447 g/mol. The highest BCUT2D eigenvalue weighted by Crippen LogP contribution is 2.26. The summed E-state index contributed by atoms with van der Waals surface area (Å²) >= 11 is 3.44. The summed E-state index contributed by atoms with van der Waals surface area (Å²) < 4.78 is 6.46. The fourth-order valence-electron chi connectivity index (χ4n) is 3.31. The third-order valence-electron chi connectivity index (χ3n) is 5.02. The Kier molecular flexibility index (Phi) is 6.20. The van der Waals surface area contributed by atoms with Gasteiger partial charge in [0.1, 0.15) is 0 Å². The Morgan fingerprint density at radius 3 is 1.97 bits per heavy atom. The molecule has 0 bridgehead atoms. The lowest BCUT2D eigenvalue weighted by molar-refractivity contribution is 0.432. The van der Waals surface area contributed by atoms with Gasteiger partial charge in [-0.1, -0.05) is 89.4 Å². The molecule has 0 aliphatic carbocycles. The van der Waals surface area contributed by atoms with Crippen molar-refractivity contribution in [1.29, 1.82) is 0 Å². The van der Waals surface area contributed by atoms with Crippen molar-refractivity contribution in [3.05, 3.63) is 82.8 Å². The summed E-state index contributed by atoms with van der Waals surface area (Å²) in [5.41, 5.74) is 5.66. The summed E-state index contributed by atoms with van der Waals surface area (Å²) in [6, 6.07) is 25.0. The lowest BCUT2D eigenvalue weighted by Crippen LogP contribution is -1.86. The Labute approximate surface area is 179 Å². The average Bonchev–Trinajstić information content (AvgIpc) is 3.25. The Morgan fingerprint density at radius 1 is 0.724 bits per heavy atom. The van der Waals surface area contributed by atoms with Gasteiger partial charge in [0, 0.05) is 15.6 Å². The van der Waals surface area contributed by atoms with Crippen molar-refractivity contribution in [1.82, 2.24) is 10.1 Å². The molecular formula is C25H23BrN2O. The Morgan fingerprint density at radius 2 is 1.31 bits per heavy atom. The van der Waals surface area contributed by atoms with Crippen LogP contribution < -0.4 is 0 Å². The molecule has 4 heteroatoms. The number of nitrogens with zero attached hydrogens (tertiary/aromatic N) is 2. The van der Waals surface area contributed by atoms with E-state index in [1.165, 1.54) is 36.0 Å². The molecule has 1 heterocycles. The zero-order valence-electron chi connectivity index (χ0n) is 16.4. The van der Waals surface area contributed by atoms with Gasteiger partial charge in [0.05, 0.1) is 0 Å². The highest BCUT2D eigenvalue weighted by Gasteiger charge is 2.11. The van der Waals surface area contributed by atoms with E-state index < -0.39 is 0 Å². The molecule has 0 saturated carbocycles. The summed E-state index contributed by atoms with van der Waals surface area (Å²) in [6.45, 7) is 2.24. The van der Waals surface area contributed by atoms with Gasteiger partial charge in [0.2, 0.25) is 5.82 Å². The smallest absolute Gasteiger partial charge is 0.258 e. The molecule has 0 atom stereocenters. The lowest BCUT2D eigenvalue weighted by Gasteiger charge is -2.05.